The molecule has 130 valence electrons. The molecule has 1 aromatic carbocycles. The smallest absolute Gasteiger partial charge is 0.319 e. The minimum Gasteiger partial charge on any atom is -0.349 e. The Morgan fingerprint density at radius 2 is 2.08 bits per heavy atom. The molecule has 0 aliphatic carbocycles. The molecule has 1 N–H and O–H groups in total. The van der Waals surface area contributed by atoms with Crippen LogP contribution in [-0.4, -0.2) is 34.0 Å². The number of rotatable bonds is 3. The Hall–Kier alpha value is -1.71. The van der Waals surface area contributed by atoms with Crippen LogP contribution in [0.3, 0.4) is 0 Å². The van der Waals surface area contributed by atoms with Gasteiger partial charge in [0.25, 0.3) is 0 Å². The van der Waals surface area contributed by atoms with E-state index in [1.165, 1.54) is 23.5 Å². The topological polar surface area (TPSA) is 45.5 Å². The van der Waals surface area contributed by atoms with Gasteiger partial charge in [-0.1, -0.05) is 24.3 Å². The maximum Gasteiger partial charge on any atom is 0.319 e. The molecule has 0 bridgehead atoms. The van der Waals surface area contributed by atoms with Crippen LogP contribution in [0.4, 0.5) is 8.78 Å². The normalized spacial score (nSPS) is 14.3. The molecule has 1 aromatic heterocycles. The van der Waals surface area contributed by atoms with Crippen LogP contribution < -0.4 is 5.32 Å². The quantitative estimate of drug-likeness (QED) is 0.447. The fourth-order valence-corrected chi connectivity index (χ4v) is 2.83. The van der Waals surface area contributed by atoms with Gasteiger partial charge < -0.3 is 10.2 Å². The van der Waals surface area contributed by atoms with Gasteiger partial charge in [0.1, 0.15) is 5.82 Å². The average Bonchev–Trinajstić information content (AvgIpc) is 3.04. The summed E-state index contributed by atoms with van der Waals surface area (Å²) >= 11 is 0. The summed E-state index contributed by atoms with van der Waals surface area (Å²) in [6.45, 7) is -0.764. The van der Waals surface area contributed by atoms with Crippen LogP contribution in [0.15, 0.2) is 41.7 Å². The maximum absolute atomic E-state index is 12.8. The summed E-state index contributed by atoms with van der Waals surface area (Å²) in [7, 11) is 1.70. The Morgan fingerprint density at radius 3 is 2.79 bits per heavy atom. The van der Waals surface area contributed by atoms with Crippen molar-refractivity contribution in [2.24, 2.45) is 4.99 Å². The number of nitrogens with one attached hydrogen (secondary N) is 1. The lowest BCUT2D eigenvalue weighted by Crippen LogP contribution is -2.44. The van der Waals surface area contributed by atoms with Crippen LogP contribution in [0.25, 0.3) is 0 Å². The van der Waals surface area contributed by atoms with E-state index in [0.717, 1.165) is 24.1 Å². The van der Waals surface area contributed by atoms with Crippen molar-refractivity contribution in [1.82, 2.24) is 19.8 Å². The van der Waals surface area contributed by atoms with Crippen LogP contribution in [-0.2, 0) is 19.5 Å². The fraction of sp³-hybridized carbons (Fsp3) is 0.375. The second kappa shape index (κ2) is 8.41. The molecule has 0 unspecified atom stereocenters. The minimum absolute atomic E-state index is 0. The van der Waals surface area contributed by atoms with Gasteiger partial charge in [0.2, 0.25) is 0 Å². The number of fused-ring (bicyclic) bond motifs is 1. The molecule has 0 spiro atoms. The number of guanidine groups is 1. The first-order valence-electron chi connectivity index (χ1n) is 7.51. The van der Waals surface area contributed by atoms with Gasteiger partial charge in [-0.05, 0) is 17.5 Å². The number of aliphatic imine (C=N–C) groups is 1. The van der Waals surface area contributed by atoms with Crippen LogP contribution in [0, 0.1) is 0 Å². The molecule has 24 heavy (non-hydrogen) atoms. The van der Waals surface area contributed by atoms with Crippen molar-refractivity contribution in [1.29, 1.82) is 0 Å². The monoisotopic (exact) mass is 447 g/mol. The summed E-state index contributed by atoms with van der Waals surface area (Å²) in [5, 5.41) is 3.13. The highest BCUT2D eigenvalue weighted by atomic mass is 127. The number of hydrogen-bond acceptors (Lipinski definition) is 2. The number of hydrogen-bond donors (Lipinski definition) is 1. The minimum atomic E-state index is -2.59. The van der Waals surface area contributed by atoms with E-state index >= 15 is 0 Å². The van der Waals surface area contributed by atoms with Gasteiger partial charge in [-0.15, -0.1) is 24.0 Å². The van der Waals surface area contributed by atoms with E-state index in [-0.39, 0.29) is 30.5 Å². The highest BCUT2D eigenvalue weighted by Crippen LogP contribution is 2.18. The number of nitrogens with zero attached hydrogens (tertiary/aromatic N) is 4. The molecule has 2 aromatic rings. The van der Waals surface area contributed by atoms with Crippen molar-refractivity contribution >= 4 is 29.9 Å². The maximum atomic E-state index is 12.8. The third-order valence-corrected chi connectivity index (χ3v) is 4.01. The van der Waals surface area contributed by atoms with Crippen molar-refractivity contribution in [3.8, 4) is 0 Å². The summed E-state index contributed by atoms with van der Waals surface area (Å²) in [5.41, 5.74) is 2.63. The molecule has 0 atom stereocenters. The van der Waals surface area contributed by atoms with Crippen molar-refractivity contribution in [3.63, 3.8) is 0 Å². The van der Waals surface area contributed by atoms with Crippen LogP contribution in [0.1, 0.15) is 23.5 Å². The third kappa shape index (κ3) is 4.03. The first-order chi connectivity index (χ1) is 11.2. The molecular formula is C16H20F2IN5. The summed E-state index contributed by atoms with van der Waals surface area (Å²) < 4.78 is 26.5. The first-order valence-corrected chi connectivity index (χ1v) is 7.51. The zero-order valence-electron chi connectivity index (χ0n) is 13.3. The van der Waals surface area contributed by atoms with E-state index in [2.05, 4.69) is 32.3 Å². The van der Waals surface area contributed by atoms with Crippen molar-refractivity contribution in [2.75, 3.05) is 13.6 Å². The highest BCUT2D eigenvalue weighted by molar-refractivity contribution is 14.0. The number of aromatic nitrogens is 2. The van der Waals surface area contributed by atoms with Gasteiger partial charge in [-0.3, -0.25) is 9.56 Å². The van der Waals surface area contributed by atoms with Crippen molar-refractivity contribution in [2.45, 2.75) is 26.1 Å². The lowest BCUT2D eigenvalue weighted by molar-refractivity contribution is 0.0668. The second-order valence-corrected chi connectivity index (χ2v) is 5.37. The highest BCUT2D eigenvalue weighted by Gasteiger charge is 2.19. The van der Waals surface area contributed by atoms with E-state index in [0.29, 0.717) is 11.8 Å². The Kier molecular flexibility index (Phi) is 6.52. The summed E-state index contributed by atoms with van der Waals surface area (Å²) in [5.74, 6) is 0.988. The van der Waals surface area contributed by atoms with E-state index in [1.807, 2.05) is 12.1 Å². The van der Waals surface area contributed by atoms with Gasteiger partial charge in [-0.2, -0.15) is 8.78 Å². The standard InChI is InChI=1S/C16H19F2N5.HI/c1-19-16(21-10-14-20-7-9-23(14)15(17)18)22-8-6-12-4-2-3-5-13(12)11-22;/h2-5,7,9,15H,6,8,10-11H2,1H3,(H,19,21);1H. The fourth-order valence-electron chi connectivity index (χ4n) is 2.83. The van der Waals surface area contributed by atoms with E-state index < -0.39 is 6.55 Å². The Bertz CT molecular complexity index is 701. The van der Waals surface area contributed by atoms with Gasteiger partial charge in [0.05, 0.1) is 6.54 Å². The lowest BCUT2D eigenvalue weighted by atomic mass is 10.0. The van der Waals surface area contributed by atoms with Gasteiger partial charge in [0.15, 0.2) is 5.96 Å². The summed E-state index contributed by atoms with van der Waals surface area (Å²) in [6, 6.07) is 8.32. The van der Waals surface area contributed by atoms with Crippen molar-refractivity contribution < 1.29 is 8.78 Å². The summed E-state index contributed by atoms with van der Waals surface area (Å²) in [4.78, 5) is 10.4. The molecule has 1 aliphatic rings. The van der Waals surface area contributed by atoms with Crippen molar-refractivity contribution in [3.05, 3.63) is 53.6 Å². The zero-order chi connectivity index (χ0) is 16.2. The zero-order valence-corrected chi connectivity index (χ0v) is 15.7. The molecule has 0 saturated carbocycles. The van der Waals surface area contributed by atoms with Crippen LogP contribution >= 0.6 is 24.0 Å². The van der Waals surface area contributed by atoms with E-state index in [9.17, 15) is 8.78 Å². The lowest BCUT2D eigenvalue weighted by Gasteiger charge is -2.31. The predicted octanol–water partition coefficient (Wildman–Crippen LogP) is 3.03. The average molecular weight is 447 g/mol. The summed E-state index contributed by atoms with van der Waals surface area (Å²) in [6.07, 6.45) is 3.60. The van der Waals surface area contributed by atoms with Gasteiger partial charge in [-0.25, -0.2) is 4.98 Å². The predicted molar refractivity (Wildman–Crippen MR) is 99.6 cm³/mol. The Morgan fingerprint density at radius 1 is 1.33 bits per heavy atom. The van der Waals surface area contributed by atoms with Gasteiger partial charge >= 0.3 is 6.55 Å². The van der Waals surface area contributed by atoms with Crippen LogP contribution in [0.2, 0.25) is 0 Å². The molecule has 5 nitrogen and oxygen atoms in total. The first kappa shape index (κ1) is 18.6. The molecule has 3 rings (SSSR count). The van der Waals surface area contributed by atoms with E-state index in [4.69, 9.17) is 0 Å². The molecule has 1 aliphatic heterocycles. The van der Waals surface area contributed by atoms with Crippen LogP contribution in [0.5, 0.6) is 0 Å². The molecular weight excluding hydrogens is 427 g/mol. The second-order valence-electron chi connectivity index (χ2n) is 5.37. The number of alkyl halides is 2. The Labute approximate surface area is 156 Å². The number of imidazole rings is 1. The van der Waals surface area contributed by atoms with Gasteiger partial charge in [0, 0.05) is 32.5 Å². The number of benzene rings is 1. The van der Waals surface area contributed by atoms with E-state index in [1.54, 1.807) is 7.05 Å². The largest absolute Gasteiger partial charge is 0.349 e. The Balaban J connectivity index is 0.00000208. The molecule has 2 heterocycles. The SMILES string of the molecule is CN=C(NCc1nccn1C(F)F)N1CCc2ccccc2C1.I. The molecule has 0 amide bonds. The molecule has 8 heteroatoms. The third-order valence-electron chi connectivity index (χ3n) is 4.01. The molecule has 0 radical (unpaired) electrons. The number of halogens is 3. The molecule has 0 fully saturated rings. The molecule has 0 saturated heterocycles.